The Hall–Kier alpha value is -2.61. The van der Waals surface area contributed by atoms with Crippen molar-refractivity contribution < 1.29 is 22.3 Å². The third-order valence-corrected chi connectivity index (χ3v) is 6.91. The first-order valence-electron chi connectivity index (χ1n) is 10.1. The van der Waals surface area contributed by atoms with Crippen LogP contribution in [0.4, 0.5) is 10.1 Å². The molecule has 30 heavy (non-hydrogen) atoms. The Bertz CT molecular complexity index is 962. The lowest BCUT2D eigenvalue weighted by atomic mass is 10.0. The zero-order valence-corrected chi connectivity index (χ0v) is 18.1. The van der Waals surface area contributed by atoms with E-state index in [4.69, 9.17) is 4.74 Å². The van der Waals surface area contributed by atoms with Gasteiger partial charge < -0.3 is 9.64 Å². The number of likely N-dealkylation sites (tertiary alicyclic amines) is 1. The molecule has 0 unspecified atom stereocenters. The third kappa shape index (κ3) is 5.11. The summed E-state index contributed by atoms with van der Waals surface area (Å²) < 4.78 is 46.5. The lowest BCUT2D eigenvalue weighted by molar-refractivity contribution is -0.131. The van der Waals surface area contributed by atoms with Crippen LogP contribution in [-0.4, -0.2) is 45.5 Å². The van der Waals surface area contributed by atoms with E-state index in [0.29, 0.717) is 37.1 Å². The number of carbonyl (C=O) groups is 1. The second-order valence-electron chi connectivity index (χ2n) is 7.48. The summed E-state index contributed by atoms with van der Waals surface area (Å²) in [7, 11) is -4.06. The minimum absolute atomic E-state index is 0.0717. The second kappa shape index (κ2) is 9.47. The summed E-state index contributed by atoms with van der Waals surface area (Å²) >= 11 is 0. The molecule has 1 aliphatic rings. The van der Waals surface area contributed by atoms with Crippen molar-refractivity contribution in [3.63, 3.8) is 0 Å². The molecule has 0 spiro atoms. The van der Waals surface area contributed by atoms with Crippen molar-refractivity contribution in [3.8, 4) is 5.75 Å². The minimum Gasteiger partial charge on any atom is -0.494 e. The van der Waals surface area contributed by atoms with Crippen LogP contribution in [0, 0.1) is 11.7 Å². The molecule has 2 aromatic rings. The standard InChI is InChI=1S/C22H27FN2O4S/c1-3-29-20-10-8-19(9-11-20)25(16-22(26)24-14-4-5-17(2)15-24)30(27,28)21-12-6-18(23)7-13-21/h6-13,17H,3-5,14-16H2,1-2H3/t17-/m0/s1. The Kier molecular flexibility index (Phi) is 6.97. The molecule has 1 heterocycles. The van der Waals surface area contributed by atoms with Crippen LogP contribution in [0.15, 0.2) is 53.4 Å². The van der Waals surface area contributed by atoms with E-state index in [2.05, 4.69) is 6.92 Å². The number of nitrogens with zero attached hydrogens (tertiary/aromatic N) is 2. The number of hydrogen-bond acceptors (Lipinski definition) is 4. The van der Waals surface area contributed by atoms with Crippen LogP contribution in [0.1, 0.15) is 26.7 Å². The van der Waals surface area contributed by atoms with Gasteiger partial charge in [0.25, 0.3) is 10.0 Å². The first kappa shape index (κ1) is 22.1. The van der Waals surface area contributed by atoms with Gasteiger partial charge in [-0.15, -0.1) is 0 Å². The highest BCUT2D eigenvalue weighted by molar-refractivity contribution is 7.92. The topological polar surface area (TPSA) is 66.9 Å². The summed E-state index contributed by atoms with van der Waals surface area (Å²) in [6.45, 7) is 5.35. The quantitative estimate of drug-likeness (QED) is 0.667. The lowest BCUT2D eigenvalue weighted by Crippen LogP contribution is -2.46. The molecule has 6 nitrogen and oxygen atoms in total. The molecular formula is C22H27FN2O4S. The van der Waals surface area contributed by atoms with Gasteiger partial charge >= 0.3 is 0 Å². The van der Waals surface area contributed by atoms with Crippen molar-refractivity contribution in [2.45, 2.75) is 31.6 Å². The van der Waals surface area contributed by atoms with E-state index in [0.717, 1.165) is 29.3 Å². The van der Waals surface area contributed by atoms with Crippen LogP contribution < -0.4 is 9.04 Å². The number of sulfonamides is 1. The lowest BCUT2D eigenvalue weighted by Gasteiger charge is -2.33. The summed E-state index contributed by atoms with van der Waals surface area (Å²) in [5.41, 5.74) is 0.348. The summed E-state index contributed by atoms with van der Waals surface area (Å²) in [4.78, 5) is 14.6. The number of benzene rings is 2. The van der Waals surface area contributed by atoms with E-state index in [-0.39, 0.29) is 17.3 Å². The van der Waals surface area contributed by atoms with E-state index in [1.54, 1.807) is 29.2 Å². The molecule has 0 N–H and O–H groups in total. The van der Waals surface area contributed by atoms with Gasteiger partial charge in [-0.2, -0.15) is 0 Å². The molecule has 1 amide bonds. The molecule has 0 saturated carbocycles. The third-order valence-electron chi connectivity index (χ3n) is 5.13. The maximum Gasteiger partial charge on any atom is 0.264 e. The van der Waals surface area contributed by atoms with Crippen molar-refractivity contribution in [2.24, 2.45) is 5.92 Å². The van der Waals surface area contributed by atoms with Gasteiger partial charge in [-0.1, -0.05) is 6.92 Å². The van der Waals surface area contributed by atoms with Gasteiger partial charge in [0.2, 0.25) is 5.91 Å². The zero-order valence-electron chi connectivity index (χ0n) is 17.3. The number of hydrogen-bond donors (Lipinski definition) is 0. The maximum atomic E-state index is 13.3. The highest BCUT2D eigenvalue weighted by Crippen LogP contribution is 2.27. The highest BCUT2D eigenvalue weighted by atomic mass is 32.2. The molecule has 0 aliphatic carbocycles. The molecule has 1 atom stereocenters. The van der Waals surface area contributed by atoms with Crippen molar-refractivity contribution in [3.05, 3.63) is 54.3 Å². The van der Waals surface area contributed by atoms with Gasteiger partial charge in [-0.05, 0) is 74.2 Å². The Balaban J connectivity index is 1.93. The van der Waals surface area contributed by atoms with Gasteiger partial charge in [0.1, 0.15) is 18.1 Å². The molecule has 3 rings (SSSR count). The van der Waals surface area contributed by atoms with Gasteiger partial charge in [0.15, 0.2) is 0 Å². The Morgan fingerprint density at radius 3 is 2.43 bits per heavy atom. The first-order valence-corrected chi connectivity index (χ1v) is 11.5. The highest BCUT2D eigenvalue weighted by Gasteiger charge is 2.30. The zero-order chi connectivity index (χ0) is 21.7. The maximum absolute atomic E-state index is 13.3. The molecule has 0 aromatic heterocycles. The Morgan fingerprint density at radius 1 is 1.17 bits per heavy atom. The van der Waals surface area contributed by atoms with Gasteiger partial charge in [-0.25, -0.2) is 12.8 Å². The number of piperidine rings is 1. The van der Waals surface area contributed by atoms with Crippen LogP contribution >= 0.6 is 0 Å². The van der Waals surface area contributed by atoms with Crippen LogP contribution in [-0.2, 0) is 14.8 Å². The molecule has 1 saturated heterocycles. The Morgan fingerprint density at radius 2 is 1.83 bits per heavy atom. The van der Waals surface area contributed by atoms with E-state index in [1.165, 1.54) is 12.1 Å². The monoisotopic (exact) mass is 434 g/mol. The summed E-state index contributed by atoms with van der Waals surface area (Å²) in [6, 6.07) is 11.2. The van der Waals surface area contributed by atoms with Crippen molar-refractivity contribution in [2.75, 3.05) is 30.5 Å². The number of carbonyl (C=O) groups excluding carboxylic acids is 1. The van der Waals surface area contributed by atoms with E-state index in [1.807, 2.05) is 6.92 Å². The smallest absolute Gasteiger partial charge is 0.264 e. The predicted molar refractivity (Wildman–Crippen MR) is 114 cm³/mol. The molecule has 8 heteroatoms. The van der Waals surface area contributed by atoms with Gasteiger partial charge in [0.05, 0.1) is 17.2 Å². The van der Waals surface area contributed by atoms with Crippen molar-refractivity contribution >= 4 is 21.6 Å². The van der Waals surface area contributed by atoms with E-state index in [9.17, 15) is 17.6 Å². The van der Waals surface area contributed by atoms with Crippen LogP contribution in [0.3, 0.4) is 0 Å². The van der Waals surface area contributed by atoms with E-state index < -0.39 is 15.8 Å². The molecular weight excluding hydrogens is 407 g/mol. The number of ether oxygens (including phenoxy) is 1. The molecule has 1 aliphatic heterocycles. The first-order chi connectivity index (χ1) is 14.3. The van der Waals surface area contributed by atoms with Gasteiger partial charge in [-0.3, -0.25) is 9.10 Å². The molecule has 0 radical (unpaired) electrons. The number of rotatable bonds is 7. The number of amides is 1. The predicted octanol–water partition coefficient (Wildman–Crippen LogP) is 3.68. The molecule has 1 fully saturated rings. The fourth-order valence-electron chi connectivity index (χ4n) is 3.56. The fourth-order valence-corrected chi connectivity index (χ4v) is 4.98. The van der Waals surface area contributed by atoms with Crippen molar-refractivity contribution in [1.82, 2.24) is 4.90 Å². The molecule has 162 valence electrons. The van der Waals surface area contributed by atoms with Crippen LogP contribution in [0.5, 0.6) is 5.75 Å². The van der Waals surface area contributed by atoms with Crippen LogP contribution in [0.2, 0.25) is 0 Å². The largest absolute Gasteiger partial charge is 0.494 e. The number of anilines is 1. The van der Waals surface area contributed by atoms with E-state index >= 15 is 0 Å². The van der Waals surface area contributed by atoms with Crippen LogP contribution in [0.25, 0.3) is 0 Å². The summed E-state index contributed by atoms with van der Waals surface area (Å²) in [6.07, 6.45) is 1.96. The minimum atomic E-state index is -4.06. The molecule has 0 bridgehead atoms. The summed E-state index contributed by atoms with van der Waals surface area (Å²) in [5.74, 6) is 0.216. The second-order valence-corrected chi connectivity index (χ2v) is 9.34. The summed E-state index contributed by atoms with van der Waals surface area (Å²) in [5, 5.41) is 0. The molecule has 2 aromatic carbocycles. The average Bonchev–Trinajstić information content (AvgIpc) is 2.73. The van der Waals surface area contributed by atoms with Gasteiger partial charge in [0, 0.05) is 13.1 Å². The number of halogens is 1. The SMILES string of the molecule is CCOc1ccc(N(CC(=O)N2CCC[C@H](C)C2)S(=O)(=O)c2ccc(F)cc2)cc1. The van der Waals surface area contributed by atoms with Crippen molar-refractivity contribution in [1.29, 1.82) is 0 Å². The fraction of sp³-hybridized carbons (Fsp3) is 0.409. The Labute approximate surface area is 177 Å². The average molecular weight is 435 g/mol. The normalized spacial score (nSPS) is 16.9.